The van der Waals surface area contributed by atoms with E-state index in [1.807, 2.05) is 34.6 Å². The van der Waals surface area contributed by atoms with E-state index >= 15 is 0 Å². The number of aryl methyl sites for hydroxylation is 1. The highest BCUT2D eigenvalue weighted by Gasteiger charge is 2.02. The maximum atomic E-state index is 5.55. The van der Waals surface area contributed by atoms with Crippen LogP contribution in [0.25, 0.3) is 11.3 Å². The van der Waals surface area contributed by atoms with Crippen molar-refractivity contribution in [2.24, 2.45) is 0 Å². The van der Waals surface area contributed by atoms with Gasteiger partial charge >= 0.3 is 0 Å². The summed E-state index contributed by atoms with van der Waals surface area (Å²) in [6.45, 7) is 9.83. The molecule has 5 heteroatoms. The minimum atomic E-state index is 0.465. The van der Waals surface area contributed by atoms with E-state index in [4.69, 9.17) is 5.73 Å². The van der Waals surface area contributed by atoms with E-state index in [1.165, 1.54) is 0 Å². The van der Waals surface area contributed by atoms with Gasteiger partial charge in [0.1, 0.15) is 5.82 Å². The van der Waals surface area contributed by atoms with Crippen LogP contribution in [0.1, 0.15) is 33.4 Å². The maximum absolute atomic E-state index is 5.55. The van der Waals surface area contributed by atoms with Crippen LogP contribution in [0.4, 0.5) is 5.82 Å². The van der Waals surface area contributed by atoms with Gasteiger partial charge in [-0.25, -0.2) is 9.97 Å². The molecule has 2 rings (SSSR count). The average molecular weight is 235 g/mol. The summed E-state index contributed by atoms with van der Waals surface area (Å²) in [4.78, 5) is 8.28. The number of aromatic nitrogens is 4. The summed E-state index contributed by atoms with van der Waals surface area (Å²) in [6.07, 6.45) is 5.09. The first-order valence-electron chi connectivity index (χ1n) is 5.85. The van der Waals surface area contributed by atoms with E-state index in [2.05, 4.69) is 20.2 Å². The van der Waals surface area contributed by atoms with Gasteiger partial charge in [0, 0.05) is 11.8 Å². The Labute approximate surface area is 103 Å². The number of rotatable bonds is 1. The van der Waals surface area contributed by atoms with Crippen molar-refractivity contribution in [1.29, 1.82) is 0 Å². The molecule has 0 aliphatic carbocycles. The van der Waals surface area contributed by atoms with Gasteiger partial charge in [-0.15, -0.1) is 0 Å². The van der Waals surface area contributed by atoms with Crippen LogP contribution in [0, 0.1) is 6.92 Å². The van der Waals surface area contributed by atoms with Crippen LogP contribution < -0.4 is 5.73 Å². The third-order valence-corrected chi connectivity index (χ3v) is 1.78. The molecule has 0 radical (unpaired) electrons. The van der Waals surface area contributed by atoms with Crippen LogP contribution in [-0.4, -0.2) is 20.2 Å². The molecule has 17 heavy (non-hydrogen) atoms. The van der Waals surface area contributed by atoms with Crippen LogP contribution in [0.2, 0.25) is 0 Å². The number of hydrogen-bond donors (Lipinski definition) is 2. The Hall–Kier alpha value is -1.91. The second-order valence-corrected chi connectivity index (χ2v) is 2.71. The number of nitrogens with two attached hydrogens (primary N) is 1. The SMILES string of the molecule is CC.CC.Cc1nc(-c2cn[nH]c2)cnc1N. The van der Waals surface area contributed by atoms with Crippen molar-refractivity contribution >= 4 is 5.82 Å². The zero-order valence-corrected chi connectivity index (χ0v) is 11.2. The van der Waals surface area contributed by atoms with Gasteiger partial charge in [0.25, 0.3) is 0 Å². The first kappa shape index (κ1) is 15.1. The normalized spacial score (nSPS) is 8.53. The molecule has 0 aliphatic heterocycles. The van der Waals surface area contributed by atoms with E-state index in [0.717, 1.165) is 17.0 Å². The number of H-pyrrole nitrogens is 1. The highest BCUT2D eigenvalue weighted by Crippen LogP contribution is 2.15. The lowest BCUT2D eigenvalue weighted by Crippen LogP contribution is -1.97. The lowest BCUT2D eigenvalue weighted by Gasteiger charge is -1.99. The third-order valence-electron chi connectivity index (χ3n) is 1.78. The van der Waals surface area contributed by atoms with E-state index in [9.17, 15) is 0 Å². The first-order valence-corrected chi connectivity index (χ1v) is 5.85. The number of nitrogens with one attached hydrogen (secondary N) is 1. The van der Waals surface area contributed by atoms with E-state index in [1.54, 1.807) is 18.6 Å². The Kier molecular flexibility index (Phi) is 7.34. The Morgan fingerprint density at radius 3 is 2.24 bits per heavy atom. The summed E-state index contributed by atoms with van der Waals surface area (Å²) in [5.41, 5.74) is 7.97. The fourth-order valence-electron chi connectivity index (χ4n) is 1.02. The van der Waals surface area contributed by atoms with Crippen molar-refractivity contribution < 1.29 is 0 Å². The summed E-state index contributed by atoms with van der Waals surface area (Å²) >= 11 is 0. The molecule has 0 aromatic carbocycles. The molecule has 94 valence electrons. The van der Waals surface area contributed by atoms with Gasteiger partial charge in [0.15, 0.2) is 0 Å². The fraction of sp³-hybridized carbons (Fsp3) is 0.417. The van der Waals surface area contributed by atoms with Crippen LogP contribution >= 0.6 is 0 Å². The molecule has 0 spiro atoms. The van der Waals surface area contributed by atoms with Gasteiger partial charge in [-0.05, 0) is 6.92 Å². The largest absolute Gasteiger partial charge is 0.382 e. The number of aromatic amines is 1. The standard InChI is InChI=1S/C8H9N5.2C2H6/c1-5-8(9)10-4-7(13-5)6-2-11-12-3-6;2*1-2/h2-4H,1H3,(H2,9,10)(H,11,12);2*1-2H3. The van der Waals surface area contributed by atoms with Gasteiger partial charge in [0.05, 0.1) is 23.8 Å². The molecule has 2 heterocycles. The Balaban J connectivity index is 0.000000581. The quantitative estimate of drug-likeness (QED) is 0.796. The number of anilines is 1. The summed E-state index contributed by atoms with van der Waals surface area (Å²) in [7, 11) is 0. The summed E-state index contributed by atoms with van der Waals surface area (Å²) in [5, 5.41) is 6.54. The third kappa shape index (κ3) is 4.22. The number of nitrogens with zero attached hydrogens (tertiary/aromatic N) is 3. The smallest absolute Gasteiger partial charge is 0.144 e. The van der Waals surface area contributed by atoms with Crippen LogP contribution in [0.15, 0.2) is 18.6 Å². The van der Waals surface area contributed by atoms with Crippen molar-refractivity contribution in [1.82, 2.24) is 20.2 Å². The Morgan fingerprint density at radius 1 is 1.12 bits per heavy atom. The highest BCUT2D eigenvalue weighted by molar-refractivity contribution is 5.57. The summed E-state index contributed by atoms with van der Waals surface area (Å²) in [5.74, 6) is 0.465. The van der Waals surface area contributed by atoms with Crippen molar-refractivity contribution in [3.63, 3.8) is 0 Å². The highest BCUT2D eigenvalue weighted by atomic mass is 15.1. The zero-order valence-electron chi connectivity index (χ0n) is 11.2. The molecular weight excluding hydrogens is 214 g/mol. The van der Waals surface area contributed by atoms with Crippen molar-refractivity contribution in [3.05, 3.63) is 24.3 Å². The molecule has 0 unspecified atom stereocenters. The topological polar surface area (TPSA) is 80.5 Å². The van der Waals surface area contributed by atoms with Gasteiger partial charge in [-0.3, -0.25) is 5.10 Å². The molecule has 0 aliphatic rings. The maximum Gasteiger partial charge on any atom is 0.144 e. The lowest BCUT2D eigenvalue weighted by atomic mass is 10.2. The molecular formula is C12H21N5. The van der Waals surface area contributed by atoms with Crippen LogP contribution in [0.5, 0.6) is 0 Å². The predicted molar refractivity (Wildman–Crippen MR) is 71.5 cm³/mol. The average Bonchev–Trinajstić information content (AvgIpc) is 2.91. The van der Waals surface area contributed by atoms with Crippen LogP contribution in [0.3, 0.4) is 0 Å². The molecule has 2 aromatic rings. The molecule has 3 N–H and O–H groups in total. The molecule has 0 bridgehead atoms. The fourth-order valence-corrected chi connectivity index (χ4v) is 1.02. The molecule has 5 nitrogen and oxygen atoms in total. The summed E-state index contributed by atoms with van der Waals surface area (Å²) in [6, 6.07) is 0. The molecule has 0 saturated heterocycles. The van der Waals surface area contributed by atoms with Gasteiger partial charge in [0.2, 0.25) is 0 Å². The van der Waals surface area contributed by atoms with E-state index in [-0.39, 0.29) is 0 Å². The van der Waals surface area contributed by atoms with Gasteiger partial charge in [-0.1, -0.05) is 27.7 Å². The molecule has 0 amide bonds. The minimum Gasteiger partial charge on any atom is -0.382 e. The number of nitrogen functional groups attached to an aromatic ring is 1. The molecule has 2 aromatic heterocycles. The van der Waals surface area contributed by atoms with E-state index < -0.39 is 0 Å². The second kappa shape index (κ2) is 8.27. The van der Waals surface area contributed by atoms with E-state index in [0.29, 0.717) is 5.82 Å². The monoisotopic (exact) mass is 235 g/mol. The first-order chi connectivity index (χ1) is 8.27. The Bertz CT molecular complexity index is 409. The number of hydrogen-bond acceptors (Lipinski definition) is 4. The predicted octanol–water partition coefficient (Wildman–Crippen LogP) is 2.81. The zero-order chi connectivity index (χ0) is 13.3. The Morgan fingerprint density at radius 2 is 1.76 bits per heavy atom. The second-order valence-electron chi connectivity index (χ2n) is 2.71. The van der Waals surface area contributed by atoms with Crippen molar-refractivity contribution in [3.8, 4) is 11.3 Å². The molecule has 0 atom stereocenters. The van der Waals surface area contributed by atoms with Gasteiger partial charge < -0.3 is 5.73 Å². The summed E-state index contributed by atoms with van der Waals surface area (Å²) < 4.78 is 0. The minimum absolute atomic E-state index is 0.465. The van der Waals surface area contributed by atoms with Crippen LogP contribution in [-0.2, 0) is 0 Å². The van der Waals surface area contributed by atoms with Crippen molar-refractivity contribution in [2.75, 3.05) is 5.73 Å². The lowest BCUT2D eigenvalue weighted by molar-refractivity contribution is 1.09. The van der Waals surface area contributed by atoms with Gasteiger partial charge in [-0.2, -0.15) is 5.10 Å². The van der Waals surface area contributed by atoms with Crippen molar-refractivity contribution in [2.45, 2.75) is 34.6 Å². The molecule has 0 saturated carbocycles. The molecule has 0 fully saturated rings.